The molecule has 3 rings (SSSR count). The first-order valence-corrected chi connectivity index (χ1v) is 8.66. The van der Waals surface area contributed by atoms with Crippen molar-refractivity contribution in [1.29, 1.82) is 0 Å². The van der Waals surface area contributed by atoms with E-state index in [9.17, 15) is 0 Å². The highest BCUT2D eigenvalue weighted by molar-refractivity contribution is 6.29. The molecule has 0 saturated carbocycles. The van der Waals surface area contributed by atoms with Crippen LogP contribution in [0.5, 0.6) is 5.75 Å². The first-order valence-electron chi connectivity index (χ1n) is 8.28. The van der Waals surface area contributed by atoms with Crippen LogP contribution in [-0.4, -0.2) is 43.2 Å². The number of ether oxygens (including phenoxy) is 1. The number of hydrogen-bond acceptors (Lipinski definition) is 6. The third-order valence-electron chi connectivity index (χ3n) is 4.13. The van der Waals surface area contributed by atoms with Crippen molar-refractivity contribution in [2.75, 3.05) is 31.7 Å². The Morgan fingerprint density at radius 3 is 2.80 bits per heavy atom. The summed E-state index contributed by atoms with van der Waals surface area (Å²) in [5.74, 6) is 2.19. The minimum atomic E-state index is 0.416. The molecule has 1 aliphatic rings. The van der Waals surface area contributed by atoms with Gasteiger partial charge in [0.25, 0.3) is 0 Å². The van der Waals surface area contributed by atoms with Crippen molar-refractivity contribution in [1.82, 2.24) is 10.2 Å². The largest absolute Gasteiger partial charge is 0.493 e. The van der Waals surface area contributed by atoms with Crippen LogP contribution in [0.4, 0.5) is 5.82 Å². The molecule has 0 radical (unpaired) electrons. The first kappa shape index (κ1) is 17.5. The van der Waals surface area contributed by atoms with Crippen LogP contribution in [0.15, 0.2) is 41.6 Å². The molecule has 1 saturated heterocycles. The predicted molar refractivity (Wildman–Crippen MR) is 98.5 cm³/mol. The topological polar surface area (TPSA) is 59.8 Å². The molecule has 0 spiro atoms. The Balaban J connectivity index is 1.52. The smallest absolute Gasteiger partial charge is 0.151 e. The van der Waals surface area contributed by atoms with Gasteiger partial charge in [-0.25, -0.2) is 0 Å². The zero-order valence-electron chi connectivity index (χ0n) is 14.1. The van der Waals surface area contributed by atoms with E-state index in [1.54, 1.807) is 12.3 Å². The van der Waals surface area contributed by atoms with Gasteiger partial charge in [0.2, 0.25) is 0 Å². The minimum absolute atomic E-state index is 0.416. The van der Waals surface area contributed by atoms with E-state index < -0.39 is 0 Å². The van der Waals surface area contributed by atoms with Crippen LogP contribution in [0.3, 0.4) is 0 Å². The summed E-state index contributed by atoms with van der Waals surface area (Å²) in [6.07, 6.45) is 3.93. The summed E-state index contributed by atoms with van der Waals surface area (Å²) < 4.78 is 5.95. The number of anilines is 1. The molecule has 0 N–H and O–H groups in total. The third-order valence-corrected chi connectivity index (χ3v) is 4.34. The Labute approximate surface area is 152 Å². The highest BCUT2D eigenvalue weighted by atomic mass is 35.5. The number of hydrogen-bond donors (Lipinski definition) is 0. The van der Waals surface area contributed by atoms with E-state index in [2.05, 4.69) is 25.1 Å². The maximum Gasteiger partial charge on any atom is 0.151 e. The van der Waals surface area contributed by atoms with Gasteiger partial charge >= 0.3 is 0 Å². The van der Waals surface area contributed by atoms with Crippen LogP contribution in [-0.2, 0) is 4.84 Å². The minimum Gasteiger partial charge on any atom is -0.493 e. The number of piperidine rings is 1. The van der Waals surface area contributed by atoms with Crippen molar-refractivity contribution in [3.63, 3.8) is 0 Å². The fourth-order valence-corrected chi connectivity index (χ4v) is 2.97. The van der Waals surface area contributed by atoms with Gasteiger partial charge in [0.05, 0.1) is 12.8 Å². The molecule has 25 heavy (non-hydrogen) atoms. The normalized spacial score (nSPS) is 17.7. The number of benzene rings is 1. The molecule has 1 aromatic carbocycles. The van der Waals surface area contributed by atoms with Crippen molar-refractivity contribution in [3.8, 4) is 5.75 Å². The van der Waals surface area contributed by atoms with Gasteiger partial charge in [0, 0.05) is 19.0 Å². The number of rotatable bonds is 6. The van der Waals surface area contributed by atoms with Crippen LogP contribution < -0.4 is 9.64 Å². The molecule has 2 heterocycles. The zero-order chi connectivity index (χ0) is 17.5. The monoisotopic (exact) mass is 360 g/mol. The molecule has 7 heteroatoms. The van der Waals surface area contributed by atoms with E-state index >= 15 is 0 Å². The fraction of sp³-hybridized carbons (Fsp3) is 0.389. The molecule has 6 nitrogen and oxygen atoms in total. The van der Waals surface area contributed by atoms with Crippen molar-refractivity contribution in [3.05, 3.63) is 47.1 Å². The maximum absolute atomic E-state index is 5.95. The summed E-state index contributed by atoms with van der Waals surface area (Å²) in [7, 11) is 1.52. The number of oxime groups is 1. The van der Waals surface area contributed by atoms with Crippen LogP contribution >= 0.6 is 11.6 Å². The highest BCUT2D eigenvalue weighted by Crippen LogP contribution is 2.23. The van der Waals surface area contributed by atoms with E-state index in [0.29, 0.717) is 17.7 Å². The van der Waals surface area contributed by atoms with Gasteiger partial charge in [-0.05, 0) is 54.8 Å². The van der Waals surface area contributed by atoms with E-state index in [-0.39, 0.29) is 0 Å². The Morgan fingerprint density at radius 1 is 1.24 bits per heavy atom. The van der Waals surface area contributed by atoms with E-state index in [4.69, 9.17) is 16.3 Å². The molecule has 1 atom stereocenters. The lowest BCUT2D eigenvalue weighted by molar-refractivity contribution is 0.215. The van der Waals surface area contributed by atoms with Gasteiger partial charge < -0.3 is 14.5 Å². The third kappa shape index (κ3) is 5.06. The fourth-order valence-electron chi connectivity index (χ4n) is 2.86. The van der Waals surface area contributed by atoms with E-state index in [1.165, 1.54) is 7.11 Å². The molecule has 2 aromatic rings. The van der Waals surface area contributed by atoms with Crippen LogP contribution in [0.2, 0.25) is 5.15 Å². The van der Waals surface area contributed by atoms with Gasteiger partial charge in [0.1, 0.15) is 12.9 Å². The van der Waals surface area contributed by atoms with Crippen molar-refractivity contribution >= 4 is 23.6 Å². The maximum atomic E-state index is 5.95. The lowest BCUT2D eigenvalue weighted by Crippen LogP contribution is -2.38. The molecule has 1 aliphatic heterocycles. The van der Waals surface area contributed by atoms with Crippen molar-refractivity contribution in [2.24, 2.45) is 11.1 Å². The van der Waals surface area contributed by atoms with Gasteiger partial charge in [-0.1, -0.05) is 16.8 Å². The molecule has 1 unspecified atom stereocenters. The van der Waals surface area contributed by atoms with Gasteiger partial charge in [-0.2, -0.15) is 0 Å². The van der Waals surface area contributed by atoms with Gasteiger partial charge in [-0.15, -0.1) is 10.2 Å². The Kier molecular flexibility index (Phi) is 6.06. The molecule has 132 valence electrons. The molecule has 0 aliphatic carbocycles. The number of nitrogens with zero attached hydrogens (tertiary/aromatic N) is 4. The molecular formula is C18H21ClN4O2. The van der Waals surface area contributed by atoms with Crippen molar-refractivity contribution in [2.45, 2.75) is 12.8 Å². The molecule has 0 amide bonds. The number of halogens is 1. The molecule has 1 aromatic heterocycles. The SMILES string of the molecule is CON=Cc1ccc(OCC2CCCN(c3ccc(Cl)nn3)C2)cc1. The summed E-state index contributed by atoms with van der Waals surface area (Å²) in [4.78, 5) is 6.91. The van der Waals surface area contributed by atoms with Gasteiger partial charge in [0.15, 0.2) is 11.0 Å². The first-order chi connectivity index (χ1) is 12.2. The van der Waals surface area contributed by atoms with Crippen LogP contribution in [0.25, 0.3) is 0 Å². The number of aromatic nitrogens is 2. The average Bonchev–Trinajstić information content (AvgIpc) is 2.66. The summed E-state index contributed by atoms with van der Waals surface area (Å²) in [5, 5.41) is 12.3. The standard InChI is InChI=1S/C18H21ClN4O2/c1-24-20-11-14-4-6-16(7-5-14)25-13-15-3-2-10-23(12-15)18-9-8-17(19)21-22-18/h4-9,11,15H,2-3,10,12-13H2,1H3. The second kappa shape index (κ2) is 8.67. The Morgan fingerprint density at radius 2 is 2.08 bits per heavy atom. The quantitative estimate of drug-likeness (QED) is 0.583. The summed E-state index contributed by atoms with van der Waals surface area (Å²) in [6, 6.07) is 11.5. The summed E-state index contributed by atoms with van der Waals surface area (Å²) in [5.41, 5.74) is 0.972. The molecule has 0 bridgehead atoms. The zero-order valence-corrected chi connectivity index (χ0v) is 14.9. The average molecular weight is 361 g/mol. The van der Waals surface area contributed by atoms with Gasteiger partial charge in [-0.3, -0.25) is 0 Å². The van der Waals surface area contributed by atoms with Crippen LogP contribution in [0.1, 0.15) is 18.4 Å². The highest BCUT2D eigenvalue weighted by Gasteiger charge is 2.21. The second-order valence-electron chi connectivity index (χ2n) is 5.97. The Bertz CT molecular complexity index is 691. The second-order valence-corrected chi connectivity index (χ2v) is 6.35. The molecular weight excluding hydrogens is 340 g/mol. The summed E-state index contributed by atoms with van der Waals surface area (Å²) in [6.45, 7) is 2.58. The molecule has 1 fully saturated rings. The van der Waals surface area contributed by atoms with Crippen molar-refractivity contribution < 1.29 is 9.57 Å². The predicted octanol–water partition coefficient (Wildman–Crippen LogP) is 3.41. The van der Waals surface area contributed by atoms with E-state index in [0.717, 1.165) is 43.1 Å². The summed E-state index contributed by atoms with van der Waals surface area (Å²) >= 11 is 5.81. The Hall–Kier alpha value is -2.34. The lowest BCUT2D eigenvalue weighted by Gasteiger charge is -2.33. The lowest BCUT2D eigenvalue weighted by atomic mass is 9.99. The van der Waals surface area contributed by atoms with Crippen LogP contribution in [0, 0.1) is 5.92 Å². The van der Waals surface area contributed by atoms with E-state index in [1.807, 2.05) is 30.3 Å².